The molecular formula is C53H70N4O8. The van der Waals surface area contributed by atoms with Crippen molar-refractivity contribution in [3.05, 3.63) is 125 Å². The van der Waals surface area contributed by atoms with Crippen LogP contribution in [0.25, 0.3) is 5.57 Å². The fraction of sp³-hybridized carbons (Fsp3) is 0.434. The largest absolute Gasteiger partial charge is 0.493 e. The lowest BCUT2D eigenvalue weighted by molar-refractivity contribution is -0.127. The van der Waals surface area contributed by atoms with Crippen LogP contribution < -0.4 is 30.0 Å². The van der Waals surface area contributed by atoms with Crippen molar-refractivity contribution in [2.24, 2.45) is 17.6 Å². The van der Waals surface area contributed by atoms with Gasteiger partial charge in [0.15, 0.2) is 28.8 Å². The van der Waals surface area contributed by atoms with Crippen LogP contribution in [0.15, 0.2) is 91.8 Å². The summed E-state index contributed by atoms with van der Waals surface area (Å²) in [7, 11) is 3.14. The number of benzene rings is 3. The monoisotopic (exact) mass is 891 g/mol. The lowest BCUT2D eigenvalue weighted by Gasteiger charge is -2.23. The molecule has 350 valence electrons. The number of ether oxygens (including phenoxy) is 4. The third-order valence-corrected chi connectivity index (χ3v) is 12.0. The molecule has 0 bridgehead atoms. The summed E-state index contributed by atoms with van der Waals surface area (Å²) in [5.41, 5.74) is 13.0. The van der Waals surface area contributed by atoms with Crippen LogP contribution in [0.4, 0.5) is 0 Å². The van der Waals surface area contributed by atoms with E-state index in [2.05, 4.69) is 49.7 Å². The van der Waals surface area contributed by atoms with Crippen molar-refractivity contribution in [3.8, 4) is 23.0 Å². The van der Waals surface area contributed by atoms with Crippen molar-refractivity contribution in [1.29, 1.82) is 0 Å². The molecule has 0 radical (unpaired) electrons. The number of rotatable bonds is 18. The van der Waals surface area contributed by atoms with E-state index < -0.39 is 12.1 Å². The Balaban J connectivity index is 0.000000575. The Hall–Kier alpha value is -6.14. The van der Waals surface area contributed by atoms with E-state index in [4.69, 9.17) is 24.7 Å². The van der Waals surface area contributed by atoms with Crippen molar-refractivity contribution in [2.45, 2.75) is 112 Å². The second-order valence-corrected chi connectivity index (χ2v) is 17.2. The average Bonchev–Trinajstić information content (AvgIpc) is 3.89. The summed E-state index contributed by atoms with van der Waals surface area (Å²) in [6.45, 7) is 21.4. The van der Waals surface area contributed by atoms with Gasteiger partial charge < -0.3 is 39.8 Å². The molecule has 65 heavy (non-hydrogen) atoms. The molecule has 3 aromatic rings. The average molecular weight is 891 g/mol. The maximum absolute atomic E-state index is 13.8. The molecule has 3 aromatic carbocycles. The minimum atomic E-state index is -0.540. The summed E-state index contributed by atoms with van der Waals surface area (Å²) in [4.78, 5) is 53.2. The fourth-order valence-electron chi connectivity index (χ4n) is 7.55. The second kappa shape index (κ2) is 23.2. The maximum Gasteiger partial charge on any atom is 0.258 e. The maximum atomic E-state index is 13.8. The summed E-state index contributed by atoms with van der Waals surface area (Å²) < 4.78 is 23.5. The molecule has 4 atom stereocenters. The summed E-state index contributed by atoms with van der Waals surface area (Å²) >= 11 is 0. The van der Waals surface area contributed by atoms with Crippen LogP contribution >= 0.6 is 0 Å². The highest BCUT2D eigenvalue weighted by Gasteiger charge is 2.36. The molecule has 0 spiro atoms. The standard InChI is InChI=1S/C43H48N2O6.C9H18N2O2.CH4/c1-8-34-21-32(30-13-11-27(3)12-14-30)25-44(34)42(46)36-23-38(48-6)40(19-28(36)4)50-17-10-18-51-41-20-29(5)37(24-39(41)49-7)43(47)45-26-33(31-15-16-31)22-35(45)9-2;1-5(2)8(10)9(13)11-6(3)7(4)12;/h8-9,11-14,19-20,23-26,31,34-35H,1-2,10,15-18,21-22H2,3-7H3;5-6,8H,10H2,1-4H3,(H,11,13);1H4. The van der Waals surface area contributed by atoms with E-state index in [-0.39, 0.29) is 48.9 Å². The number of Topliss-reactive ketones (excluding diaryl/α,β-unsaturated/α-hetero) is 1. The quantitative estimate of drug-likeness (QED) is 0.0941. The molecule has 2 aliphatic heterocycles. The Morgan fingerprint density at radius 1 is 0.769 bits per heavy atom. The van der Waals surface area contributed by atoms with Gasteiger partial charge in [-0.15, -0.1) is 13.2 Å². The zero-order valence-electron chi connectivity index (χ0n) is 39.0. The SMILES string of the molecule is C.C=CC1CC(c2ccc(C)cc2)=CN1C(=O)c1cc(OC)c(OCCCOc2cc(C)c(C(=O)N3C=C(C4CC4)CC3C=C)cc2OC)cc1C.CC(=O)C(C)NC(=O)C(N)C(C)C. The van der Waals surface area contributed by atoms with E-state index in [0.29, 0.717) is 66.1 Å². The molecule has 1 saturated carbocycles. The van der Waals surface area contributed by atoms with Gasteiger partial charge in [-0.3, -0.25) is 19.2 Å². The molecule has 6 rings (SSSR count). The Bertz CT molecular complexity index is 2280. The van der Waals surface area contributed by atoms with Crippen molar-refractivity contribution >= 4 is 29.1 Å². The summed E-state index contributed by atoms with van der Waals surface area (Å²) in [6, 6.07) is 14.4. The zero-order valence-corrected chi connectivity index (χ0v) is 39.0. The Morgan fingerprint density at radius 3 is 1.71 bits per heavy atom. The number of carbonyl (C=O) groups is 4. The number of carbonyl (C=O) groups excluding carboxylic acids is 4. The minimum Gasteiger partial charge on any atom is -0.493 e. The molecule has 3 amide bonds. The first-order valence-electron chi connectivity index (χ1n) is 22.1. The number of nitrogens with zero attached hydrogens (tertiary/aromatic N) is 2. The van der Waals surface area contributed by atoms with Crippen LogP contribution in [0, 0.1) is 32.6 Å². The first-order valence-corrected chi connectivity index (χ1v) is 22.1. The number of nitrogens with one attached hydrogen (secondary N) is 1. The van der Waals surface area contributed by atoms with E-state index in [1.54, 1.807) is 38.2 Å². The zero-order chi connectivity index (χ0) is 46.8. The third kappa shape index (κ3) is 12.8. The number of aryl methyl sites for hydroxylation is 3. The van der Waals surface area contributed by atoms with Gasteiger partial charge in [0.05, 0.1) is 51.6 Å². The predicted octanol–water partition coefficient (Wildman–Crippen LogP) is 9.31. The summed E-state index contributed by atoms with van der Waals surface area (Å²) in [6.07, 6.45) is 12.2. The highest BCUT2D eigenvalue weighted by Crippen LogP contribution is 2.43. The molecular weight excluding hydrogens is 821 g/mol. The number of nitrogens with two attached hydrogens (primary N) is 1. The van der Waals surface area contributed by atoms with Gasteiger partial charge in [0.25, 0.3) is 11.8 Å². The summed E-state index contributed by atoms with van der Waals surface area (Å²) in [5.74, 6) is 2.29. The van der Waals surface area contributed by atoms with Gasteiger partial charge in [-0.2, -0.15) is 0 Å². The van der Waals surface area contributed by atoms with Gasteiger partial charge in [-0.25, -0.2) is 0 Å². The van der Waals surface area contributed by atoms with Gasteiger partial charge in [0.2, 0.25) is 5.91 Å². The molecule has 1 aliphatic carbocycles. The molecule has 12 nitrogen and oxygen atoms in total. The molecule has 4 unspecified atom stereocenters. The first-order chi connectivity index (χ1) is 30.5. The van der Waals surface area contributed by atoms with E-state index in [1.165, 1.54) is 30.9 Å². The van der Waals surface area contributed by atoms with Gasteiger partial charge in [-0.05, 0) is 124 Å². The van der Waals surface area contributed by atoms with Crippen LogP contribution in [0.1, 0.15) is 110 Å². The van der Waals surface area contributed by atoms with Crippen molar-refractivity contribution in [2.75, 3.05) is 27.4 Å². The van der Waals surface area contributed by atoms with Crippen LogP contribution in [0.3, 0.4) is 0 Å². The van der Waals surface area contributed by atoms with Crippen LogP contribution in [0.5, 0.6) is 23.0 Å². The predicted molar refractivity (Wildman–Crippen MR) is 258 cm³/mol. The molecule has 0 aromatic heterocycles. The number of methoxy groups -OCH3 is 2. The van der Waals surface area contributed by atoms with E-state index in [1.807, 2.05) is 69.3 Å². The highest BCUT2D eigenvalue weighted by atomic mass is 16.5. The van der Waals surface area contributed by atoms with Gasteiger partial charge in [0.1, 0.15) is 0 Å². The molecule has 0 saturated heterocycles. The topological polar surface area (TPSA) is 150 Å². The highest BCUT2D eigenvalue weighted by molar-refractivity contribution is 5.99. The van der Waals surface area contributed by atoms with Crippen molar-refractivity contribution in [1.82, 2.24) is 15.1 Å². The second-order valence-electron chi connectivity index (χ2n) is 17.2. The van der Waals surface area contributed by atoms with Gasteiger partial charge in [-0.1, -0.05) is 63.3 Å². The number of hydrogen-bond acceptors (Lipinski definition) is 9. The van der Waals surface area contributed by atoms with Gasteiger partial charge >= 0.3 is 0 Å². The van der Waals surface area contributed by atoms with Crippen LogP contribution in [0.2, 0.25) is 0 Å². The molecule has 2 heterocycles. The Kier molecular flexibility index (Phi) is 18.4. The van der Waals surface area contributed by atoms with Crippen molar-refractivity contribution < 1.29 is 38.1 Å². The first kappa shape index (κ1) is 51.5. The Morgan fingerprint density at radius 2 is 1.26 bits per heavy atom. The van der Waals surface area contributed by atoms with E-state index in [0.717, 1.165) is 28.7 Å². The van der Waals surface area contributed by atoms with Gasteiger partial charge in [0, 0.05) is 29.9 Å². The molecule has 1 fully saturated rings. The molecule has 12 heteroatoms. The Labute approximate surface area is 386 Å². The van der Waals surface area contributed by atoms with Crippen LogP contribution in [-0.2, 0) is 9.59 Å². The fourth-order valence-corrected chi connectivity index (χ4v) is 7.55. The van der Waals surface area contributed by atoms with Crippen LogP contribution in [-0.4, -0.2) is 84.9 Å². The normalized spacial score (nSPS) is 17.3. The van der Waals surface area contributed by atoms with Crippen molar-refractivity contribution in [3.63, 3.8) is 0 Å². The number of amides is 3. The smallest absolute Gasteiger partial charge is 0.258 e. The number of hydrogen-bond donors (Lipinski definition) is 2. The summed E-state index contributed by atoms with van der Waals surface area (Å²) in [5, 5.41) is 2.55. The molecule has 3 aliphatic rings. The van der Waals surface area contributed by atoms with E-state index in [9.17, 15) is 19.2 Å². The lowest BCUT2D eigenvalue weighted by Crippen LogP contribution is -2.48. The lowest BCUT2D eigenvalue weighted by atomic mass is 10.0. The minimum absolute atomic E-state index is 0. The molecule has 3 N–H and O–H groups in total. The third-order valence-electron chi connectivity index (χ3n) is 12.0. The van der Waals surface area contributed by atoms with E-state index >= 15 is 0 Å². The number of ketones is 1.